The molecule has 0 aliphatic carbocycles. The number of rotatable bonds is 8. The second-order valence-electron chi connectivity index (χ2n) is 8.76. The smallest absolute Gasteiger partial charge is 0.336 e. The Morgan fingerprint density at radius 3 is 2.31 bits per heavy atom. The molecule has 2 saturated heterocycles. The molecular weight excluding hydrogens is 460 g/mol. The van der Waals surface area contributed by atoms with Crippen LogP contribution in [0.3, 0.4) is 0 Å². The van der Waals surface area contributed by atoms with Crippen LogP contribution in [0.4, 0.5) is 11.4 Å². The summed E-state index contributed by atoms with van der Waals surface area (Å²) in [7, 11) is 0. The molecule has 8 nitrogen and oxygen atoms in total. The van der Waals surface area contributed by atoms with Crippen molar-refractivity contribution in [2.45, 2.75) is 31.9 Å². The zero-order chi connectivity index (χ0) is 25.2. The lowest BCUT2D eigenvalue weighted by Gasteiger charge is -2.29. The van der Waals surface area contributed by atoms with Crippen molar-refractivity contribution in [1.29, 1.82) is 0 Å². The van der Waals surface area contributed by atoms with Crippen LogP contribution in [0.25, 0.3) is 0 Å². The number of ether oxygens (including phenoxy) is 1. The first-order valence-corrected chi connectivity index (χ1v) is 11.9. The molecule has 2 aliphatic rings. The standard InChI is InChI=1S/C28H26N2O6/c1-2-3-17-35-20-15-13-18(14-16-20)29-26(31)23-24(21-11-7-8-12-22(21)28(33)34)30(36-25(23)27(29)32)19-9-5-4-6-10-19/h4-16,23-25H,2-3,17H2,1H3,(H,33,34)/t23-,24-,25-/m0/s1. The maximum Gasteiger partial charge on any atom is 0.336 e. The van der Waals surface area contributed by atoms with Gasteiger partial charge in [0.2, 0.25) is 5.91 Å². The lowest BCUT2D eigenvalue weighted by molar-refractivity contribution is -0.126. The van der Waals surface area contributed by atoms with Crippen LogP contribution in [-0.4, -0.2) is 35.6 Å². The highest BCUT2D eigenvalue weighted by atomic mass is 16.7. The second-order valence-corrected chi connectivity index (χ2v) is 8.76. The molecular formula is C28H26N2O6. The van der Waals surface area contributed by atoms with E-state index < -0.39 is 35.8 Å². The average Bonchev–Trinajstić information content (AvgIpc) is 3.41. The molecule has 184 valence electrons. The number of fused-ring (bicyclic) bond motifs is 1. The summed E-state index contributed by atoms with van der Waals surface area (Å²) in [5.74, 6) is -2.30. The van der Waals surface area contributed by atoms with Crippen LogP contribution in [0.15, 0.2) is 78.9 Å². The number of hydrogen-bond acceptors (Lipinski definition) is 6. The number of anilines is 2. The van der Waals surface area contributed by atoms with Gasteiger partial charge in [-0.1, -0.05) is 49.7 Å². The Morgan fingerprint density at radius 1 is 0.917 bits per heavy atom. The van der Waals surface area contributed by atoms with Crippen molar-refractivity contribution in [3.8, 4) is 5.75 Å². The summed E-state index contributed by atoms with van der Waals surface area (Å²) in [6.45, 7) is 2.67. The largest absolute Gasteiger partial charge is 0.494 e. The Morgan fingerprint density at radius 2 is 1.61 bits per heavy atom. The van der Waals surface area contributed by atoms with Crippen molar-refractivity contribution in [1.82, 2.24) is 0 Å². The first kappa shape index (κ1) is 23.6. The van der Waals surface area contributed by atoms with E-state index in [1.54, 1.807) is 54.6 Å². The van der Waals surface area contributed by atoms with E-state index in [4.69, 9.17) is 9.57 Å². The fraction of sp³-hybridized carbons (Fsp3) is 0.250. The third kappa shape index (κ3) is 4.09. The number of carbonyl (C=O) groups is 3. The summed E-state index contributed by atoms with van der Waals surface area (Å²) in [5, 5.41) is 11.3. The molecule has 3 aromatic rings. The molecule has 0 bridgehead atoms. The van der Waals surface area contributed by atoms with Gasteiger partial charge < -0.3 is 9.84 Å². The number of aromatic carboxylic acids is 1. The van der Waals surface area contributed by atoms with E-state index in [0.717, 1.165) is 17.7 Å². The number of unbranched alkanes of at least 4 members (excludes halogenated alkanes) is 1. The Kier molecular flexibility index (Phi) is 6.43. The van der Waals surface area contributed by atoms with Crippen molar-refractivity contribution in [2.24, 2.45) is 5.92 Å². The minimum absolute atomic E-state index is 0.0555. The van der Waals surface area contributed by atoms with Crippen LogP contribution in [0, 0.1) is 5.92 Å². The topological polar surface area (TPSA) is 96.4 Å². The second kappa shape index (κ2) is 9.83. The molecule has 5 rings (SSSR count). The van der Waals surface area contributed by atoms with E-state index in [1.807, 2.05) is 18.2 Å². The van der Waals surface area contributed by atoms with Crippen LogP contribution in [0.2, 0.25) is 0 Å². The summed E-state index contributed by atoms with van der Waals surface area (Å²) >= 11 is 0. The van der Waals surface area contributed by atoms with Crippen molar-refractivity contribution >= 4 is 29.2 Å². The number of para-hydroxylation sites is 1. The SMILES string of the molecule is CCCCOc1ccc(N2C(=O)[C@@H]3[C@H](ON(c4ccccc4)[C@H]3c3ccccc3C(=O)O)C2=O)cc1. The van der Waals surface area contributed by atoms with Crippen molar-refractivity contribution in [2.75, 3.05) is 16.6 Å². The zero-order valence-electron chi connectivity index (χ0n) is 19.7. The normalized spacial score (nSPS) is 21.1. The van der Waals surface area contributed by atoms with Crippen molar-refractivity contribution in [3.63, 3.8) is 0 Å². The maximum absolute atomic E-state index is 13.8. The predicted octanol–water partition coefficient (Wildman–Crippen LogP) is 4.61. The molecule has 2 fully saturated rings. The molecule has 0 aromatic heterocycles. The van der Waals surface area contributed by atoms with Gasteiger partial charge in [0.25, 0.3) is 5.91 Å². The van der Waals surface area contributed by atoms with Crippen LogP contribution < -0.4 is 14.7 Å². The number of carbonyl (C=O) groups excluding carboxylic acids is 2. The van der Waals surface area contributed by atoms with E-state index in [-0.39, 0.29) is 5.56 Å². The fourth-order valence-electron chi connectivity index (χ4n) is 4.76. The van der Waals surface area contributed by atoms with Crippen LogP contribution in [-0.2, 0) is 14.4 Å². The van der Waals surface area contributed by atoms with Crippen molar-refractivity contribution < 1.29 is 29.1 Å². The van der Waals surface area contributed by atoms with E-state index in [0.29, 0.717) is 29.3 Å². The Labute approximate surface area is 208 Å². The van der Waals surface area contributed by atoms with Gasteiger partial charge in [0, 0.05) is 0 Å². The first-order chi connectivity index (χ1) is 17.5. The molecule has 36 heavy (non-hydrogen) atoms. The van der Waals surface area contributed by atoms with Gasteiger partial charge in [0.05, 0.1) is 29.6 Å². The molecule has 2 amide bonds. The molecule has 0 spiro atoms. The monoisotopic (exact) mass is 486 g/mol. The summed E-state index contributed by atoms with van der Waals surface area (Å²) < 4.78 is 5.69. The summed E-state index contributed by atoms with van der Waals surface area (Å²) in [6.07, 6.45) is 0.872. The molecule has 0 saturated carbocycles. The third-order valence-electron chi connectivity index (χ3n) is 6.50. The van der Waals surface area contributed by atoms with Gasteiger partial charge in [0.15, 0.2) is 6.10 Å². The minimum atomic E-state index is -1.12. The molecule has 2 aliphatic heterocycles. The van der Waals surface area contributed by atoms with E-state index in [1.165, 1.54) is 11.1 Å². The maximum atomic E-state index is 13.8. The van der Waals surface area contributed by atoms with Gasteiger partial charge in [-0.3, -0.25) is 14.4 Å². The van der Waals surface area contributed by atoms with Gasteiger partial charge in [-0.2, -0.15) is 0 Å². The number of carboxylic acid groups (broad SMARTS) is 1. The summed E-state index contributed by atoms with van der Waals surface area (Å²) in [5.41, 5.74) is 1.50. The lowest BCUT2D eigenvalue weighted by atomic mass is 9.88. The fourth-order valence-corrected chi connectivity index (χ4v) is 4.76. The number of amides is 2. The number of imide groups is 1. The molecule has 0 radical (unpaired) electrons. The van der Waals surface area contributed by atoms with Gasteiger partial charge >= 0.3 is 5.97 Å². The summed E-state index contributed by atoms with van der Waals surface area (Å²) in [4.78, 5) is 46.5. The zero-order valence-corrected chi connectivity index (χ0v) is 19.7. The van der Waals surface area contributed by atoms with E-state index in [2.05, 4.69) is 6.92 Å². The van der Waals surface area contributed by atoms with Gasteiger partial charge in [0.1, 0.15) is 11.7 Å². The summed E-state index contributed by atoms with van der Waals surface area (Å²) in [6, 6.07) is 21.6. The van der Waals surface area contributed by atoms with Gasteiger partial charge in [-0.05, 0) is 54.4 Å². The van der Waals surface area contributed by atoms with Crippen molar-refractivity contribution in [3.05, 3.63) is 90.0 Å². The Hall–Kier alpha value is -4.17. The number of carboxylic acids is 1. The van der Waals surface area contributed by atoms with Crippen LogP contribution in [0.5, 0.6) is 5.75 Å². The minimum Gasteiger partial charge on any atom is -0.494 e. The molecule has 3 atom stereocenters. The molecule has 1 N–H and O–H groups in total. The highest BCUT2D eigenvalue weighted by molar-refractivity contribution is 6.24. The molecule has 3 aromatic carbocycles. The Balaban J connectivity index is 1.51. The quantitative estimate of drug-likeness (QED) is 0.367. The lowest BCUT2D eigenvalue weighted by Crippen LogP contribution is -2.37. The number of hydrogen-bond donors (Lipinski definition) is 1. The van der Waals surface area contributed by atoms with Crippen LogP contribution >= 0.6 is 0 Å². The first-order valence-electron chi connectivity index (χ1n) is 11.9. The molecule has 0 unspecified atom stereocenters. The predicted molar refractivity (Wildman–Crippen MR) is 133 cm³/mol. The number of nitrogens with zero attached hydrogens (tertiary/aromatic N) is 2. The molecule has 2 heterocycles. The number of benzene rings is 3. The van der Waals surface area contributed by atoms with Gasteiger partial charge in [-0.25, -0.2) is 14.8 Å². The van der Waals surface area contributed by atoms with Gasteiger partial charge in [-0.15, -0.1) is 0 Å². The van der Waals surface area contributed by atoms with E-state index in [9.17, 15) is 19.5 Å². The average molecular weight is 487 g/mol. The number of hydroxylamine groups is 1. The Bertz CT molecular complexity index is 1280. The highest BCUT2D eigenvalue weighted by Crippen LogP contribution is 2.48. The van der Waals surface area contributed by atoms with Crippen LogP contribution in [0.1, 0.15) is 41.7 Å². The van der Waals surface area contributed by atoms with E-state index >= 15 is 0 Å². The third-order valence-corrected chi connectivity index (χ3v) is 6.50. The highest BCUT2D eigenvalue weighted by Gasteiger charge is 2.60. The molecule has 8 heteroatoms.